The lowest BCUT2D eigenvalue weighted by Gasteiger charge is -2.34. The zero-order valence-corrected chi connectivity index (χ0v) is 18.2. The van der Waals surface area contributed by atoms with Gasteiger partial charge in [-0.05, 0) is 42.5 Å². The molecule has 1 N–H and O–H groups in total. The number of carbonyl (C=O) groups is 1. The molecule has 0 amide bonds. The van der Waals surface area contributed by atoms with Crippen LogP contribution >= 0.6 is 0 Å². The highest BCUT2D eigenvalue weighted by Crippen LogP contribution is 2.26. The Morgan fingerprint density at radius 1 is 1.25 bits per heavy atom. The lowest BCUT2D eigenvalue weighted by molar-refractivity contribution is -0.270. The molecule has 170 valence electrons. The van der Waals surface area contributed by atoms with Gasteiger partial charge in [0.2, 0.25) is 0 Å². The van der Waals surface area contributed by atoms with Crippen molar-refractivity contribution in [3.8, 4) is 5.75 Å². The molecular formula is C25H29NO6. The second-order valence-electron chi connectivity index (χ2n) is 8.23. The molecule has 1 fully saturated rings. The summed E-state index contributed by atoms with van der Waals surface area (Å²) in [4.78, 5) is 13.2. The van der Waals surface area contributed by atoms with E-state index in [1.165, 1.54) is 12.5 Å². The van der Waals surface area contributed by atoms with E-state index in [0.717, 1.165) is 36.3 Å². The molecule has 0 aromatic heterocycles. The van der Waals surface area contributed by atoms with Crippen molar-refractivity contribution in [1.82, 2.24) is 4.90 Å². The number of carboxylic acids is 1. The van der Waals surface area contributed by atoms with Gasteiger partial charge in [-0.15, -0.1) is 0 Å². The summed E-state index contributed by atoms with van der Waals surface area (Å²) in [6.45, 7) is 3.41. The van der Waals surface area contributed by atoms with Crippen molar-refractivity contribution in [3.05, 3.63) is 78.1 Å². The quantitative estimate of drug-likeness (QED) is 0.656. The first-order chi connectivity index (χ1) is 15.5. The summed E-state index contributed by atoms with van der Waals surface area (Å²) in [5.74, 6) is -0.812. The average Bonchev–Trinajstić information content (AvgIpc) is 2.82. The second kappa shape index (κ2) is 10.1. The zero-order chi connectivity index (χ0) is 22.4. The van der Waals surface area contributed by atoms with Gasteiger partial charge in [0.15, 0.2) is 0 Å². The van der Waals surface area contributed by atoms with Crippen molar-refractivity contribution in [2.75, 3.05) is 26.4 Å². The number of hydrogen-bond donors (Lipinski definition) is 1. The van der Waals surface area contributed by atoms with Crippen LogP contribution in [0.5, 0.6) is 5.75 Å². The fraction of sp³-hybridized carbons (Fsp3) is 0.400. The van der Waals surface area contributed by atoms with E-state index in [9.17, 15) is 4.79 Å². The lowest BCUT2D eigenvalue weighted by Crippen LogP contribution is -2.48. The molecule has 7 nitrogen and oxygen atoms in total. The molecular weight excluding hydrogens is 410 g/mol. The minimum absolute atomic E-state index is 0.123. The average molecular weight is 440 g/mol. The monoisotopic (exact) mass is 439 g/mol. The van der Waals surface area contributed by atoms with Gasteiger partial charge >= 0.3 is 5.97 Å². The Morgan fingerprint density at radius 3 is 2.72 bits per heavy atom. The smallest absolute Gasteiger partial charge is 0.364 e. The van der Waals surface area contributed by atoms with E-state index in [0.29, 0.717) is 26.4 Å². The van der Waals surface area contributed by atoms with E-state index in [4.69, 9.17) is 24.1 Å². The highest BCUT2D eigenvalue weighted by Gasteiger charge is 2.40. The minimum atomic E-state index is -1.54. The van der Waals surface area contributed by atoms with Crippen LogP contribution in [0, 0.1) is 5.92 Å². The normalized spacial score (nSPS) is 25.0. The lowest BCUT2D eigenvalue weighted by atomic mass is 9.99. The first-order valence-corrected chi connectivity index (χ1v) is 10.9. The summed E-state index contributed by atoms with van der Waals surface area (Å²) in [5.41, 5.74) is 2.34. The maximum atomic E-state index is 11.2. The van der Waals surface area contributed by atoms with Crippen molar-refractivity contribution in [2.45, 2.75) is 32.0 Å². The summed E-state index contributed by atoms with van der Waals surface area (Å²) in [6.07, 6.45) is 14.7. The van der Waals surface area contributed by atoms with Crippen LogP contribution in [-0.2, 0) is 25.4 Å². The number of ether oxygens (including phenoxy) is 4. The van der Waals surface area contributed by atoms with Gasteiger partial charge in [-0.25, -0.2) is 4.79 Å². The highest BCUT2D eigenvalue weighted by atomic mass is 16.7. The summed E-state index contributed by atoms with van der Waals surface area (Å²) >= 11 is 0. The van der Waals surface area contributed by atoms with E-state index in [2.05, 4.69) is 23.1 Å². The van der Waals surface area contributed by atoms with E-state index < -0.39 is 11.8 Å². The molecule has 1 aliphatic carbocycles. The molecule has 0 atom stereocenters. The molecule has 0 bridgehead atoms. The van der Waals surface area contributed by atoms with Gasteiger partial charge in [-0.3, -0.25) is 0 Å². The van der Waals surface area contributed by atoms with Crippen LogP contribution < -0.4 is 4.74 Å². The molecule has 0 spiro atoms. The van der Waals surface area contributed by atoms with Gasteiger partial charge in [0, 0.05) is 25.2 Å². The molecule has 0 radical (unpaired) electrons. The molecule has 3 aliphatic rings. The van der Waals surface area contributed by atoms with Crippen LogP contribution in [0.2, 0.25) is 0 Å². The zero-order valence-electron chi connectivity index (χ0n) is 18.2. The SMILES string of the molecule is CC1(C(=O)O)OCC(Cc2ccc(OCCN3C=COC(C4=CC=CCC4)=C3)cc2)CO1. The molecule has 7 heteroatoms. The molecule has 2 aliphatic heterocycles. The van der Waals surface area contributed by atoms with Crippen LogP contribution in [0.15, 0.2) is 72.5 Å². The van der Waals surface area contributed by atoms with Crippen molar-refractivity contribution < 1.29 is 28.8 Å². The van der Waals surface area contributed by atoms with Gasteiger partial charge in [-0.1, -0.05) is 30.4 Å². The molecule has 1 aromatic rings. The van der Waals surface area contributed by atoms with Crippen LogP contribution in [0.3, 0.4) is 0 Å². The Balaban J connectivity index is 1.22. The Bertz CT molecular complexity index is 922. The molecule has 0 unspecified atom stereocenters. The van der Waals surface area contributed by atoms with Crippen LogP contribution in [0.25, 0.3) is 0 Å². The van der Waals surface area contributed by atoms with E-state index in [-0.39, 0.29) is 5.92 Å². The Hall–Kier alpha value is -3.03. The van der Waals surface area contributed by atoms with Gasteiger partial charge in [0.05, 0.1) is 19.8 Å². The van der Waals surface area contributed by atoms with Crippen LogP contribution in [0.4, 0.5) is 0 Å². The number of allylic oxidation sites excluding steroid dienone is 4. The van der Waals surface area contributed by atoms with E-state index in [1.807, 2.05) is 36.7 Å². The molecule has 32 heavy (non-hydrogen) atoms. The van der Waals surface area contributed by atoms with Crippen molar-refractivity contribution in [3.63, 3.8) is 0 Å². The third-order valence-electron chi connectivity index (χ3n) is 5.70. The first kappa shape index (κ1) is 22.2. The number of aliphatic carboxylic acids is 1. The maximum Gasteiger partial charge on any atom is 0.364 e. The van der Waals surface area contributed by atoms with E-state index in [1.54, 1.807) is 6.26 Å². The number of carboxylic acid groups (broad SMARTS) is 1. The fourth-order valence-electron chi connectivity index (χ4n) is 3.72. The number of nitrogens with zero attached hydrogens (tertiary/aromatic N) is 1. The summed E-state index contributed by atoms with van der Waals surface area (Å²) in [6, 6.07) is 7.96. The minimum Gasteiger partial charge on any atom is -0.492 e. The van der Waals surface area contributed by atoms with Gasteiger partial charge < -0.3 is 29.0 Å². The van der Waals surface area contributed by atoms with Crippen LogP contribution in [0.1, 0.15) is 25.3 Å². The predicted molar refractivity (Wildman–Crippen MR) is 119 cm³/mol. The van der Waals surface area contributed by atoms with Crippen molar-refractivity contribution >= 4 is 5.97 Å². The molecule has 0 saturated carbocycles. The summed E-state index contributed by atoms with van der Waals surface area (Å²) in [7, 11) is 0. The Morgan fingerprint density at radius 2 is 2.03 bits per heavy atom. The summed E-state index contributed by atoms with van der Waals surface area (Å²) < 4.78 is 22.4. The highest BCUT2D eigenvalue weighted by molar-refractivity contribution is 5.75. The Labute approximate surface area is 188 Å². The molecule has 1 saturated heterocycles. The molecule has 1 aromatic carbocycles. The van der Waals surface area contributed by atoms with Gasteiger partial charge in [0.1, 0.15) is 24.4 Å². The second-order valence-corrected chi connectivity index (χ2v) is 8.23. The summed E-state index contributed by atoms with van der Waals surface area (Å²) in [5, 5.41) is 9.15. The molecule has 2 heterocycles. The third-order valence-corrected chi connectivity index (χ3v) is 5.70. The first-order valence-electron chi connectivity index (χ1n) is 10.9. The number of hydrogen-bond acceptors (Lipinski definition) is 6. The van der Waals surface area contributed by atoms with Gasteiger partial charge in [0.25, 0.3) is 5.79 Å². The standard InChI is InChI=1S/C25H29NO6/c1-25(24(27)28)31-17-20(18-32-25)15-19-7-9-22(10-8-19)29-13-11-26-12-14-30-23(16-26)21-5-3-2-4-6-21/h2-3,5,7-10,12,14,16,20H,4,6,11,13,15,17-18H2,1H3,(H,27,28). The van der Waals surface area contributed by atoms with Crippen molar-refractivity contribution in [1.29, 1.82) is 0 Å². The predicted octanol–water partition coefficient (Wildman–Crippen LogP) is 3.99. The fourth-order valence-corrected chi connectivity index (χ4v) is 3.72. The molecule has 4 rings (SSSR count). The largest absolute Gasteiger partial charge is 0.492 e. The van der Waals surface area contributed by atoms with Gasteiger partial charge in [-0.2, -0.15) is 0 Å². The maximum absolute atomic E-state index is 11.2. The number of rotatable bonds is 8. The van der Waals surface area contributed by atoms with Crippen LogP contribution in [-0.4, -0.2) is 48.1 Å². The topological polar surface area (TPSA) is 77.5 Å². The third kappa shape index (κ3) is 5.60. The number of benzene rings is 1. The Kier molecular flexibility index (Phi) is 6.97. The van der Waals surface area contributed by atoms with Crippen molar-refractivity contribution in [2.24, 2.45) is 5.92 Å². The van der Waals surface area contributed by atoms with E-state index >= 15 is 0 Å².